The Morgan fingerprint density at radius 2 is 0.921 bits per heavy atom. The van der Waals surface area contributed by atoms with Gasteiger partial charge in [0.05, 0.1) is 11.4 Å². The zero-order valence-corrected chi connectivity index (χ0v) is 35.0. The van der Waals surface area contributed by atoms with Crippen molar-refractivity contribution < 1.29 is 0 Å². The van der Waals surface area contributed by atoms with E-state index in [9.17, 15) is 0 Å². The van der Waals surface area contributed by atoms with E-state index in [1.807, 2.05) is 30.5 Å². The lowest BCUT2D eigenvalue weighted by Crippen LogP contribution is -2.15. The fraction of sp³-hybridized carbons (Fsp3) is 0.0500. The van der Waals surface area contributed by atoms with Crippen LogP contribution in [0.3, 0.4) is 0 Å². The zero-order chi connectivity index (χ0) is 42.1. The predicted octanol–water partition coefficient (Wildman–Crippen LogP) is 15.6. The standard InChI is InChI=1S/C60H41N3/c1-60(2)54-24-12-23-52(57(54)53-30-29-39-14-6-7-18-43(39)58(53)60)50-32-31-48(44-19-8-9-20-45(44)50)49-33-34-51(47-22-11-10-21-46(47)49)56-36-55(62-59(63-56)41-15-4-3-5-16-41)40-27-25-38(26-28-40)42-17-13-35-61-37-42/h3-37H,1-2H3. The van der Waals surface area contributed by atoms with Gasteiger partial charge in [-0.25, -0.2) is 9.97 Å². The second kappa shape index (κ2) is 14.6. The summed E-state index contributed by atoms with van der Waals surface area (Å²) < 4.78 is 0. The molecule has 0 aliphatic heterocycles. The highest BCUT2D eigenvalue weighted by atomic mass is 14.9. The van der Waals surface area contributed by atoms with Crippen molar-refractivity contribution in [3.05, 3.63) is 224 Å². The second-order valence-corrected chi connectivity index (χ2v) is 17.1. The van der Waals surface area contributed by atoms with Crippen molar-refractivity contribution in [2.45, 2.75) is 19.3 Å². The molecule has 0 spiro atoms. The molecule has 0 unspecified atom stereocenters. The van der Waals surface area contributed by atoms with Crippen molar-refractivity contribution in [3.63, 3.8) is 0 Å². The van der Waals surface area contributed by atoms with Crippen LogP contribution in [0.15, 0.2) is 213 Å². The van der Waals surface area contributed by atoms with Gasteiger partial charge in [0.25, 0.3) is 0 Å². The summed E-state index contributed by atoms with van der Waals surface area (Å²) in [5, 5.41) is 7.42. The van der Waals surface area contributed by atoms with Crippen molar-refractivity contribution in [3.8, 4) is 78.4 Å². The van der Waals surface area contributed by atoms with E-state index in [-0.39, 0.29) is 5.41 Å². The van der Waals surface area contributed by atoms with E-state index in [0.717, 1.165) is 44.6 Å². The Labute approximate surface area is 367 Å². The summed E-state index contributed by atoms with van der Waals surface area (Å²) in [6.45, 7) is 4.77. The minimum Gasteiger partial charge on any atom is -0.264 e. The van der Waals surface area contributed by atoms with Crippen LogP contribution in [0.1, 0.15) is 25.0 Å². The third kappa shape index (κ3) is 6.00. The molecule has 1 aliphatic carbocycles. The fourth-order valence-corrected chi connectivity index (χ4v) is 10.2. The Hall–Kier alpha value is -8.01. The van der Waals surface area contributed by atoms with Crippen molar-refractivity contribution in [1.82, 2.24) is 15.0 Å². The fourth-order valence-electron chi connectivity index (χ4n) is 10.2. The number of rotatable bonds is 6. The van der Waals surface area contributed by atoms with Crippen LogP contribution in [-0.4, -0.2) is 15.0 Å². The number of nitrogens with zero attached hydrogens (tertiary/aromatic N) is 3. The van der Waals surface area contributed by atoms with Crippen molar-refractivity contribution in [1.29, 1.82) is 0 Å². The molecule has 11 aromatic rings. The Kier molecular flexibility index (Phi) is 8.52. The summed E-state index contributed by atoms with van der Waals surface area (Å²) in [6, 6.07) is 72.3. The van der Waals surface area contributed by atoms with Gasteiger partial charge in [-0.1, -0.05) is 202 Å². The van der Waals surface area contributed by atoms with Gasteiger partial charge in [-0.3, -0.25) is 4.98 Å². The molecule has 0 saturated carbocycles. The summed E-state index contributed by atoms with van der Waals surface area (Å²) in [4.78, 5) is 14.7. The van der Waals surface area contributed by atoms with Gasteiger partial charge >= 0.3 is 0 Å². The van der Waals surface area contributed by atoms with Gasteiger partial charge in [-0.15, -0.1) is 0 Å². The van der Waals surface area contributed by atoms with E-state index in [4.69, 9.17) is 9.97 Å². The number of pyridine rings is 1. The number of aromatic nitrogens is 3. The summed E-state index contributed by atoms with van der Waals surface area (Å²) in [7, 11) is 0. The minimum absolute atomic E-state index is 0.130. The first-order chi connectivity index (χ1) is 31.0. The van der Waals surface area contributed by atoms with E-state index in [2.05, 4.69) is 195 Å². The Bertz CT molecular complexity index is 3570. The van der Waals surface area contributed by atoms with Gasteiger partial charge < -0.3 is 0 Å². The SMILES string of the molecule is CC1(C)c2cccc(-c3ccc(-c4ccc(-c5cc(-c6ccc(-c7cccnc7)cc6)nc(-c6ccccc6)n5)c5ccccc45)c4ccccc34)c2-c2ccc3ccccc3c21. The largest absolute Gasteiger partial charge is 0.264 e. The summed E-state index contributed by atoms with van der Waals surface area (Å²) in [5.41, 5.74) is 17.3. The molecule has 0 bridgehead atoms. The Morgan fingerprint density at radius 1 is 0.365 bits per heavy atom. The van der Waals surface area contributed by atoms with Gasteiger partial charge in [0, 0.05) is 34.5 Å². The van der Waals surface area contributed by atoms with E-state index in [0.29, 0.717) is 5.82 Å². The molecule has 0 saturated heterocycles. The summed E-state index contributed by atoms with van der Waals surface area (Å²) in [6.07, 6.45) is 3.70. The topological polar surface area (TPSA) is 38.7 Å². The summed E-state index contributed by atoms with van der Waals surface area (Å²) >= 11 is 0. The van der Waals surface area contributed by atoms with Crippen LogP contribution >= 0.6 is 0 Å². The Morgan fingerprint density at radius 3 is 1.60 bits per heavy atom. The molecule has 2 aromatic heterocycles. The highest BCUT2D eigenvalue weighted by Crippen LogP contribution is 2.55. The molecule has 0 radical (unpaired) electrons. The molecule has 3 heteroatoms. The first kappa shape index (κ1) is 36.8. The molecule has 296 valence electrons. The minimum atomic E-state index is -0.130. The number of fused-ring (bicyclic) bond motifs is 7. The maximum absolute atomic E-state index is 5.26. The molecule has 63 heavy (non-hydrogen) atoms. The van der Waals surface area contributed by atoms with Gasteiger partial charge in [0.2, 0.25) is 0 Å². The molecule has 0 atom stereocenters. The molecular formula is C60H41N3. The maximum Gasteiger partial charge on any atom is 0.160 e. The quantitative estimate of drug-likeness (QED) is 0.168. The number of benzene rings is 9. The average Bonchev–Trinajstić information content (AvgIpc) is 3.60. The van der Waals surface area contributed by atoms with Crippen molar-refractivity contribution in [2.75, 3.05) is 0 Å². The molecule has 0 N–H and O–H groups in total. The van der Waals surface area contributed by atoms with Gasteiger partial charge in [-0.05, 0) is 100 Å². The van der Waals surface area contributed by atoms with Gasteiger partial charge in [0.1, 0.15) is 0 Å². The monoisotopic (exact) mass is 803 g/mol. The molecule has 1 aliphatic rings. The molecule has 0 fully saturated rings. The lowest BCUT2D eigenvalue weighted by Gasteiger charge is -2.23. The third-order valence-electron chi connectivity index (χ3n) is 13.2. The van der Waals surface area contributed by atoms with Crippen LogP contribution in [0.2, 0.25) is 0 Å². The highest BCUT2D eigenvalue weighted by molar-refractivity contribution is 6.13. The van der Waals surface area contributed by atoms with E-state index in [1.54, 1.807) is 6.20 Å². The molecule has 3 nitrogen and oxygen atoms in total. The van der Waals surface area contributed by atoms with Crippen LogP contribution in [0, 0.1) is 0 Å². The van der Waals surface area contributed by atoms with Crippen LogP contribution < -0.4 is 0 Å². The second-order valence-electron chi connectivity index (χ2n) is 17.1. The van der Waals surface area contributed by atoms with Crippen LogP contribution in [0.5, 0.6) is 0 Å². The van der Waals surface area contributed by atoms with Crippen LogP contribution in [0.25, 0.3) is 111 Å². The molecule has 9 aromatic carbocycles. The van der Waals surface area contributed by atoms with E-state index >= 15 is 0 Å². The van der Waals surface area contributed by atoms with Crippen molar-refractivity contribution in [2.24, 2.45) is 0 Å². The zero-order valence-electron chi connectivity index (χ0n) is 35.0. The molecule has 2 heterocycles. The lowest BCUT2D eigenvalue weighted by molar-refractivity contribution is 0.666. The predicted molar refractivity (Wildman–Crippen MR) is 263 cm³/mol. The lowest BCUT2D eigenvalue weighted by atomic mass is 9.80. The third-order valence-corrected chi connectivity index (χ3v) is 13.2. The Balaban J connectivity index is 1.00. The van der Waals surface area contributed by atoms with E-state index < -0.39 is 0 Å². The maximum atomic E-state index is 5.26. The molecule has 0 amide bonds. The first-order valence-corrected chi connectivity index (χ1v) is 21.7. The van der Waals surface area contributed by atoms with Gasteiger partial charge in [0.15, 0.2) is 5.82 Å². The molecule has 12 rings (SSSR count). The number of hydrogen-bond acceptors (Lipinski definition) is 3. The highest BCUT2D eigenvalue weighted by Gasteiger charge is 2.38. The first-order valence-electron chi connectivity index (χ1n) is 21.7. The van der Waals surface area contributed by atoms with Crippen LogP contribution in [0.4, 0.5) is 0 Å². The smallest absolute Gasteiger partial charge is 0.160 e. The summed E-state index contributed by atoms with van der Waals surface area (Å²) in [5.74, 6) is 0.695. The average molecular weight is 804 g/mol. The van der Waals surface area contributed by atoms with Crippen LogP contribution in [-0.2, 0) is 5.41 Å². The molecular weight excluding hydrogens is 763 g/mol. The van der Waals surface area contributed by atoms with Crippen molar-refractivity contribution >= 4 is 32.3 Å². The number of hydrogen-bond donors (Lipinski definition) is 0. The van der Waals surface area contributed by atoms with E-state index in [1.165, 1.54) is 71.4 Å². The van der Waals surface area contributed by atoms with Gasteiger partial charge in [-0.2, -0.15) is 0 Å². The normalized spacial score (nSPS) is 12.7.